The Morgan fingerprint density at radius 3 is 1.83 bits per heavy atom. The van der Waals surface area contributed by atoms with Gasteiger partial charge in [0, 0.05) is 25.5 Å². The molecule has 0 saturated heterocycles. The van der Waals surface area contributed by atoms with E-state index in [1.165, 1.54) is 30.6 Å². The molecule has 0 fully saturated rings. The number of benzene rings is 2. The highest BCUT2D eigenvalue weighted by atomic mass is 19.1. The van der Waals surface area contributed by atoms with Gasteiger partial charge in [-0.25, -0.2) is 4.39 Å². The Labute approximate surface area is 169 Å². The van der Waals surface area contributed by atoms with Crippen LogP contribution < -0.4 is 10.6 Å². The molecule has 148 valence electrons. The number of aromatic nitrogens is 1. The number of rotatable bonds is 8. The summed E-state index contributed by atoms with van der Waals surface area (Å²) in [6.45, 7) is 0.898. The second-order valence-corrected chi connectivity index (χ2v) is 6.59. The van der Waals surface area contributed by atoms with Crippen LogP contribution in [0.15, 0.2) is 73.1 Å². The van der Waals surface area contributed by atoms with Crippen molar-refractivity contribution >= 4 is 11.8 Å². The molecule has 29 heavy (non-hydrogen) atoms. The van der Waals surface area contributed by atoms with Crippen LogP contribution in [0.25, 0.3) is 0 Å². The number of hydrogen-bond acceptors (Lipinski definition) is 3. The lowest BCUT2D eigenvalue weighted by Gasteiger charge is -2.08. The van der Waals surface area contributed by atoms with Crippen molar-refractivity contribution in [2.24, 2.45) is 0 Å². The highest BCUT2D eigenvalue weighted by molar-refractivity contribution is 5.99. The van der Waals surface area contributed by atoms with E-state index in [-0.39, 0.29) is 17.6 Å². The van der Waals surface area contributed by atoms with E-state index in [1.54, 1.807) is 12.1 Å². The number of nitrogens with one attached hydrogen (secondary N) is 2. The third-order valence-corrected chi connectivity index (χ3v) is 4.42. The second-order valence-electron chi connectivity index (χ2n) is 6.59. The Bertz CT molecular complexity index is 959. The Balaban J connectivity index is 1.49. The summed E-state index contributed by atoms with van der Waals surface area (Å²) in [6, 6.07) is 17.5. The van der Waals surface area contributed by atoms with Gasteiger partial charge < -0.3 is 10.6 Å². The number of carbonyl (C=O) groups is 2. The first-order valence-corrected chi connectivity index (χ1v) is 9.41. The molecular weight excluding hydrogens is 369 g/mol. The van der Waals surface area contributed by atoms with E-state index in [4.69, 9.17) is 0 Å². The molecule has 2 aromatic carbocycles. The van der Waals surface area contributed by atoms with Crippen molar-refractivity contribution in [1.82, 2.24) is 15.6 Å². The summed E-state index contributed by atoms with van der Waals surface area (Å²) in [6.07, 6.45) is 4.17. The third-order valence-electron chi connectivity index (χ3n) is 4.42. The normalized spacial score (nSPS) is 10.4. The van der Waals surface area contributed by atoms with Crippen LogP contribution in [0, 0.1) is 5.82 Å². The minimum absolute atomic E-state index is 0.269. The van der Waals surface area contributed by atoms with E-state index in [2.05, 4.69) is 15.6 Å². The fourth-order valence-electron chi connectivity index (χ4n) is 2.83. The Hall–Kier alpha value is -3.54. The maximum absolute atomic E-state index is 12.9. The van der Waals surface area contributed by atoms with Crippen molar-refractivity contribution in [2.45, 2.75) is 12.8 Å². The number of carbonyl (C=O) groups excluding carboxylic acids is 2. The predicted molar refractivity (Wildman–Crippen MR) is 109 cm³/mol. The maximum atomic E-state index is 12.9. The molecule has 5 nitrogen and oxygen atoms in total. The first kappa shape index (κ1) is 20.2. The quantitative estimate of drug-likeness (QED) is 0.620. The van der Waals surface area contributed by atoms with Gasteiger partial charge in [-0.15, -0.1) is 0 Å². The van der Waals surface area contributed by atoms with Crippen molar-refractivity contribution < 1.29 is 14.0 Å². The highest BCUT2D eigenvalue weighted by Crippen LogP contribution is 2.05. The first-order valence-electron chi connectivity index (χ1n) is 9.41. The molecule has 1 aromatic heterocycles. The number of pyridine rings is 1. The lowest BCUT2D eigenvalue weighted by atomic mass is 10.1. The summed E-state index contributed by atoms with van der Waals surface area (Å²) in [5, 5.41) is 5.63. The molecule has 2 amide bonds. The van der Waals surface area contributed by atoms with Crippen LogP contribution in [0.2, 0.25) is 0 Å². The standard InChI is InChI=1S/C23H22FN3O2/c24-21-8-6-18(7-9-21)11-13-27-23(29)20-14-19(15-25-16-20)22(28)26-12-10-17-4-2-1-3-5-17/h1-9,14-16H,10-13H2,(H,26,28)(H,27,29). The van der Waals surface area contributed by atoms with Crippen LogP contribution >= 0.6 is 0 Å². The molecule has 0 aliphatic rings. The van der Waals surface area contributed by atoms with Crippen LogP contribution in [-0.2, 0) is 12.8 Å². The smallest absolute Gasteiger partial charge is 0.252 e. The molecule has 0 bridgehead atoms. The predicted octanol–water partition coefficient (Wildman–Crippen LogP) is 3.17. The molecule has 0 unspecified atom stereocenters. The lowest BCUT2D eigenvalue weighted by molar-refractivity contribution is 0.0953. The van der Waals surface area contributed by atoms with Gasteiger partial charge in [0.15, 0.2) is 0 Å². The van der Waals surface area contributed by atoms with Crippen molar-refractivity contribution in [3.8, 4) is 0 Å². The van der Waals surface area contributed by atoms with E-state index in [0.717, 1.165) is 17.5 Å². The fourth-order valence-corrected chi connectivity index (χ4v) is 2.83. The van der Waals surface area contributed by atoms with E-state index >= 15 is 0 Å². The van der Waals surface area contributed by atoms with Gasteiger partial charge in [-0.1, -0.05) is 42.5 Å². The van der Waals surface area contributed by atoms with Gasteiger partial charge in [-0.3, -0.25) is 14.6 Å². The van der Waals surface area contributed by atoms with Crippen molar-refractivity contribution in [3.63, 3.8) is 0 Å². The highest BCUT2D eigenvalue weighted by Gasteiger charge is 2.11. The molecule has 0 spiro atoms. The van der Waals surface area contributed by atoms with Crippen molar-refractivity contribution in [3.05, 3.63) is 101 Å². The molecule has 0 aliphatic heterocycles. The lowest BCUT2D eigenvalue weighted by Crippen LogP contribution is -2.28. The largest absolute Gasteiger partial charge is 0.352 e. The molecule has 0 atom stereocenters. The molecule has 3 aromatic rings. The van der Waals surface area contributed by atoms with Crippen LogP contribution in [-0.4, -0.2) is 29.9 Å². The summed E-state index contributed by atoms with van der Waals surface area (Å²) in [5.41, 5.74) is 2.72. The maximum Gasteiger partial charge on any atom is 0.252 e. The van der Waals surface area contributed by atoms with Crippen LogP contribution in [0.3, 0.4) is 0 Å². The monoisotopic (exact) mass is 391 g/mol. The zero-order valence-corrected chi connectivity index (χ0v) is 15.9. The van der Waals surface area contributed by atoms with Gasteiger partial charge >= 0.3 is 0 Å². The first-order chi connectivity index (χ1) is 14.1. The van der Waals surface area contributed by atoms with Crippen LogP contribution in [0.1, 0.15) is 31.8 Å². The molecule has 1 heterocycles. The minimum atomic E-state index is -0.307. The molecule has 2 N–H and O–H groups in total. The van der Waals surface area contributed by atoms with Gasteiger partial charge in [0.25, 0.3) is 11.8 Å². The topological polar surface area (TPSA) is 71.1 Å². The van der Waals surface area contributed by atoms with Crippen molar-refractivity contribution in [2.75, 3.05) is 13.1 Å². The Morgan fingerprint density at radius 2 is 1.28 bits per heavy atom. The summed E-state index contributed by atoms with van der Waals surface area (Å²) >= 11 is 0. The molecule has 0 radical (unpaired) electrons. The van der Waals surface area contributed by atoms with Crippen LogP contribution in [0.4, 0.5) is 4.39 Å². The van der Waals surface area contributed by atoms with Crippen molar-refractivity contribution in [1.29, 1.82) is 0 Å². The van der Waals surface area contributed by atoms with E-state index in [9.17, 15) is 14.0 Å². The number of hydrogen-bond donors (Lipinski definition) is 2. The Kier molecular flexibility index (Phi) is 7.05. The van der Waals surface area contributed by atoms with E-state index < -0.39 is 0 Å². The zero-order chi connectivity index (χ0) is 20.5. The minimum Gasteiger partial charge on any atom is -0.352 e. The van der Waals surface area contributed by atoms with Gasteiger partial charge in [0.2, 0.25) is 0 Å². The van der Waals surface area contributed by atoms with E-state index in [0.29, 0.717) is 30.6 Å². The number of amides is 2. The summed E-state index contributed by atoms with van der Waals surface area (Å²) in [5.74, 6) is -0.865. The summed E-state index contributed by atoms with van der Waals surface area (Å²) in [4.78, 5) is 28.6. The molecule has 3 rings (SSSR count). The van der Waals surface area contributed by atoms with Crippen LogP contribution in [0.5, 0.6) is 0 Å². The average Bonchev–Trinajstić information content (AvgIpc) is 2.76. The second kappa shape index (κ2) is 10.1. The molecule has 6 heteroatoms. The number of nitrogens with zero attached hydrogens (tertiary/aromatic N) is 1. The van der Waals surface area contributed by atoms with E-state index in [1.807, 2.05) is 30.3 Å². The molecular formula is C23H22FN3O2. The van der Waals surface area contributed by atoms with Gasteiger partial charge in [0.05, 0.1) is 11.1 Å². The Morgan fingerprint density at radius 1 is 0.759 bits per heavy atom. The summed E-state index contributed by atoms with van der Waals surface area (Å²) < 4.78 is 12.9. The fraction of sp³-hybridized carbons (Fsp3) is 0.174. The zero-order valence-electron chi connectivity index (χ0n) is 15.9. The van der Waals surface area contributed by atoms with Gasteiger partial charge in [-0.2, -0.15) is 0 Å². The molecule has 0 saturated carbocycles. The SMILES string of the molecule is O=C(NCCc1ccccc1)c1cncc(C(=O)NCCc2ccc(F)cc2)c1. The van der Waals surface area contributed by atoms with Gasteiger partial charge in [0.1, 0.15) is 5.82 Å². The third kappa shape index (κ3) is 6.24. The average molecular weight is 391 g/mol. The number of halogens is 1. The van der Waals surface area contributed by atoms with Gasteiger partial charge in [-0.05, 0) is 42.2 Å². The molecule has 0 aliphatic carbocycles. The summed E-state index contributed by atoms with van der Waals surface area (Å²) in [7, 11) is 0.